The molecule has 0 heterocycles. The van der Waals surface area contributed by atoms with Gasteiger partial charge >= 0.3 is 27.6 Å². The molecule has 5 atom stereocenters. The van der Waals surface area contributed by atoms with Crippen LogP contribution in [0.4, 0.5) is 0 Å². The number of aliphatic hydroxyl groups is 3. The predicted molar refractivity (Wildman–Crippen MR) is 251 cm³/mol. The van der Waals surface area contributed by atoms with Gasteiger partial charge in [-0.2, -0.15) is 0 Å². The Labute approximate surface area is 385 Å². The van der Waals surface area contributed by atoms with Crippen molar-refractivity contribution in [2.75, 3.05) is 39.6 Å². The number of allylic oxidation sites excluding steroid dienone is 8. The van der Waals surface area contributed by atoms with Crippen LogP contribution in [0.25, 0.3) is 0 Å². The Hall–Kier alpha value is -2.00. The molecule has 0 aromatic rings. The quantitative estimate of drug-likeness (QED) is 0.0166. The topological polar surface area (TPSA) is 225 Å². The second-order valence-electron chi connectivity index (χ2n) is 16.2. The molecular formula is C47H86O15P2. The molecule has 0 rings (SSSR count). The number of phosphoric acid groups is 2. The molecule has 0 bridgehead atoms. The number of hydrogen-bond acceptors (Lipinski definition) is 13. The molecule has 5 N–H and O–H groups in total. The van der Waals surface area contributed by atoms with Gasteiger partial charge in [-0.05, 0) is 32.1 Å². The van der Waals surface area contributed by atoms with Crippen LogP contribution < -0.4 is 0 Å². The highest BCUT2D eigenvalue weighted by Crippen LogP contribution is 2.45. The minimum absolute atomic E-state index is 0.149. The molecule has 5 unspecified atom stereocenters. The third-order valence-corrected chi connectivity index (χ3v) is 11.8. The van der Waals surface area contributed by atoms with Gasteiger partial charge in [-0.15, -0.1) is 0 Å². The van der Waals surface area contributed by atoms with Crippen molar-refractivity contribution in [1.29, 1.82) is 0 Å². The second kappa shape index (κ2) is 43.6. The van der Waals surface area contributed by atoms with E-state index in [2.05, 4.69) is 38.0 Å². The molecule has 0 saturated heterocycles. The van der Waals surface area contributed by atoms with Crippen LogP contribution in [0.2, 0.25) is 0 Å². The van der Waals surface area contributed by atoms with Crippen LogP contribution in [0.1, 0.15) is 181 Å². The van der Waals surface area contributed by atoms with E-state index >= 15 is 0 Å². The fraction of sp³-hybridized carbons (Fsp3) is 0.787. The first-order valence-electron chi connectivity index (χ1n) is 24.0. The Kier molecular flexibility index (Phi) is 42.2. The van der Waals surface area contributed by atoms with Gasteiger partial charge in [0.2, 0.25) is 0 Å². The van der Waals surface area contributed by atoms with E-state index in [1.165, 1.54) is 96.3 Å². The zero-order valence-corrected chi connectivity index (χ0v) is 41.0. The van der Waals surface area contributed by atoms with Crippen molar-refractivity contribution in [3.8, 4) is 0 Å². The molecule has 0 aliphatic carbocycles. The van der Waals surface area contributed by atoms with Crippen molar-refractivity contribution >= 4 is 27.6 Å². The summed E-state index contributed by atoms with van der Waals surface area (Å²) in [6.45, 7) is 0.240. The molecule has 0 saturated carbocycles. The van der Waals surface area contributed by atoms with Crippen LogP contribution in [0, 0.1) is 0 Å². The fourth-order valence-electron chi connectivity index (χ4n) is 6.16. The smallest absolute Gasteiger partial charge is 0.463 e. The third-order valence-electron chi connectivity index (χ3n) is 9.89. The monoisotopic (exact) mass is 953 g/mol. The molecule has 64 heavy (non-hydrogen) atoms. The Morgan fingerprint density at radius 2 is 0.719 bits per heavy atom. The molecule has 374 valence electrons. The largest absolute Gasteiger partial charge is 0.472 e. The number of carbonyl (C=O) groups excluding carboxylic acids is 2. The van der Waals surface area contributed by atoms with Gasteiger partial charge in [0, 0.05) is 12.8 Å². The van der Waals surface area contributed by atoms with E-state index in [0.717, 1.165) is 44.9 Å². The summed E-state index contributed by atoms with van der Waals surface area (Å²) in [4.78, 5) is 43.7. The number of carbonyl (C=O) groups is 2. The summed E-state index contributed by atoms with van der Waals surface area (Å²) in [7, 11) is -9.58. The van der Waals surface area contributed by atoms with E-state index in [4.69, 9.17) is 9.47 Å². The Morgan fingerprint density at radius 3 is 1.08 bits per heavy atom. The van der Waals surface area contributed by atoms with Gasteiger partial charge < -0.3 is 34.6 Å². The molecule has 0 spiro atoms. The van der Waals surface area contributed by atoms with Crippen molar-refractivity contribution in [3.63, 3.8) is 0 Å². The average Bonchev–Trinajstić information content (AvgIpc) is 3.27. The summed E-state index contributed by atoms with van der Waals surface area (Å²) in [5.74, 6) is -1.03. The van der Waals surface area contributed by atoms with Crippen molar-refractivity contribution in [2.45, 2.75) is 199 Å². The van der Waals surface area contributed by atoms with Gasteiger partial charge in [0.25, 0.3) is 0 Å². The maximum atomic E-state index is 12.2. The number of ether oxygens (including phenoxy) is 2. The van der Waals surface area contributed by atoms with Gasteiger partial charge in [-0.1, -0.05) is 184 Å². The molecule has 17 heteroatoms. The lowest BCUT2D eigenvalue weighted by molar-refractivity contribution is -0.148. The van der Waals surface area contributed by atoms with E-state index in [9.17, 15) is 43.8 Å². The summed E-state index contributed by atoms with van der Waals surface area (Å²) in [6.07, 6.45) is 39.7. The van der Waals surface area contributed by atoms with Crippen LogP contribution in [-0.4, -0.2) is 95.0 Å². The van der Waals surface area contributed by atoms with Crippen molar-refractivity contribution in [1.82, 2.24) is 0 Å². The van der Waals surface area contributed by atoms with Crippen LogP contribution in [0.5, 0.6) is 0 Å². The van der Waals surface area contributed by atoms with Gasteiger partial charge in [0.15, 0.2) is 0 Å². The predicted octanol–water partition coefficient (Wildman–Crippen LogP) is 10.8. The molecule has 0 radical (unpaired) electrons. The summed E-state index contributed by atoms with van der Waals surface area (Å²) in [6, 6.07) is 0. The van der Waals surface area contributed by atoms with Crippen LogP contribution in [-0.2, 0) is 46.3 Å². The zero-order valence-electron chi connectivity index (χ0n) is 39.2. The van der Waals surface area contributed by atoms with Gasteiger partial charge in [-0.25, -0.2) is 9.13 Å². The lowest BCUT2D eigenvalue weighted by Gasteiger charge is -2.19. The zero-order chi connectivity index (χ0) is 47.4. The van der Waals surface area contributed by atoms with Crippen molar-refractivity contribution in [2.24, 2.45) is 0 Å². The normalized spacial score (nSPS) is 15.5. The van der Waals surface area contributed by atoms with Gasteiger partial charge in [0.05, 0.1) is 26.4 Å². The summed E-state index contributed by atoms with van der Waals surface area (Å²) >= 11 is 0. The van der Waals surface area contributed by atoms with Crippen LogP contribution >= 0.6 is 15.6 Å². The highest BCUT2D eigenvalue weighted by molar-refractivity contribution is 7.47. The lowest BCUT2D eigenvalue weighted by Crippen LogP contribution is -2.25. The van der Waals surface area contributed by atoms with Crippen molar-refractivity contribution in [3.05, 3.63) is 48.6 Å². The summed E-state index contributed by atoms with van der Waals surface area (Å²) < 4.78 is 52.9. The Bertz CT molecular complexity index is 1340. The molecule has 0 aromatic heterocycles. The maximum Gasteiger partial charge on any atom is 0.472 e. The number of phosphoric ester groups is 2. The Balaban J connectivity index is 3.88. The number of hydrogen-bond donors (Lipinski definition) is 5. The second-order valence-corrected chi connectivity index (χ2v) is 19.1. The SMILES string of the molecule is CC/C=C/C=C/C=C\C=C/CCCCCC(=O)OCC(O)COP(=O)(O)OCC(O)COP(=O)(O)OCC(O)COC(=O)CCCCCCCCCCCCCCCCCCCCC. The van der Waals surface area contributed by atoms with E-state index in [1.54, 1.807) is 0 Å². The fourth-order valence-corrected chi connectivity index (χ4v) is 7.76. The van der Waals surface area contributed by atoms with Crippen LogP contribution in [0.3, 0.4) is 0 Å². The molecule has 0 aliphatic rings. The highest BCUT2D eigenvalue weighted by Gasteiger charge is 2.28. The molecule has 0 aliphatic heterocycles. The van der Waals surface area contributed by atoms with E-state index in [-0.39, 0.29) is 12.8 Å². The van der Waals surface area contributed by atoms with E-state index in [0.29, 0.717) is 12.8 Å². The molecule has 0 aromatic carbocycles. The van der Waals surface area contributed by atoms with Gasteiger partial charge in [0.1, 0.15) is 31.5 Å². The first-order chi connectivity index (χ1) is 30.8. The summed E-state index contributed by atoms with van der Waals surface area (Å²) in [5.41, 5.74) is 0. The minimum Gasteiger partial charge on any atom is -0.463 e. The molecule has 0 amide bonds. The highest BCUT2D eigenvalue weighted by atomic mass is 31.2. The summed E-state index contributed by atoms with van der Waals surface area (Å²) in [5, 5.41) is 30.0. The van der Waals surface area contributed by atoms with E-state index < -0.39 is 85.5 Å². The van der Waals surface area contributed by atoms with Crippen molar-refractivity contribution < 1.29 is 71.4 Å². The molecular weight excluding hydrogens is 866 g/mol. The number of rotatable bonds is 46. The lowest BCUT2D eigenvalue weighted by atomic mass is 10.0. The number of aliphatic hydroxyl groups excluding tert-OH is 3. The van der Waals surface area contributed by atoms with Crippen LogP contribution in [0.15, 0.2) is 48.6 Å². The minimum atomic E-state index is -4.79. The molecule has 0 fully saturated rings. The third kappa shape index (κ3) is 45.2. The maximum absolute atomic E-state index is 12.2. The first-order valence-corrected chi connectivity index (χ1v) is 27.0. The first kappa shape index (κ1) is 62.0. The number of unbranched alkanes of at least 4 members (excludes halogenated alkanes) is 21. The van der Waals surface area contributed by atoms with E-state index in [1.807, 2.05) is 42.5 Å². The molecule has 15 nitrogen and oxygen atoms in total. The average molecular weight is 953 g/mol. The standard InChI is InChI=1S/C47H86O15P2/c1-3-5-7-9-11-13-15-17-18-19-20-21-22-24-26-28-30-32-34-36-47(52)58-38-44(49)40-60-64(55,56)62-42-45(50)41-61-63(53,54)59-39-43(48)37-57-46(51)35-33-31-29-27-25-23-16-14-12-10-8-6-4-2/h6,8,10,12,14,16,23,25,43-45,48-50H,3-5,7,9,11,13,15,17-22,24,26-42H2,1-2H3,(H,53,54)(H,55,56)/b8-6+,12-10+,16-14-,25-23-. The van der Waals surface area contributed by atoms with Gasteiger partial charge in [-0.3, -0.25) is 27.7 Å². The Morgan fingerprint density at radius 1 is 0.422 bits per heavy atom. The number of esters is 2.